The molecule has 0 saturated heterocycles. The molecule has 2 aromatic carbocycles. The molecule has 0 aliphatic rings. The third-order valence-electron chi connectivity index (χ3n) is 5.02. The van der Waals surface area contributed by atoms with E-state index in [0.29, 0.717) is 22.8 Å². The first-order valence-corrected chi connectivity index (χ1v) is 11.5. The Morgan fingerprint density at radius 2 is 1.84 bits per heavy atom. The molecule has 0 aliphatic carbocycles. The van der Waals surface area contributed by atoms with Crippen LogP contribution in [0.25, 0.3) is 26.7 Å². The number of amides is 1. The first-order chi connectivity index (χ1) is 15.3. The summed E-state index contributed by atoms with van der Waals surface area (Å²) < 4.78 is 1.77. The monoisotopic (exact) mass is 465 g/mol. The minimum Gasteiger partial charge on any atom is -0.384 e. The van der Waals surface area contributed by atoms with Gasteiger partial charge in [0.25, 0.3) is 5.91 Å². The van der Waals surface area contributed by atoms with Crippen molar-refractivity contribution in [1.82, 2.24) is 15.1 Å². The van der Waals surface area contributed by atoms with Crippen LogP contribution in [0.5, 0.6) is 0 Å². The highest BCUT2D eigenvalue weighted by atomic mass is 35.5. The summed E-state index contributed by atoms with van der Waals surface area (Å²) in [5.74, 6) is -0.0854. The van der Waals surface area contributed by atoms with E-state index in [0.717, 1.165) is 26.7 Å². The number of para-hydroxylation sites is 1. The Bertz CT molecular complexity index is 1270. The van der Waals surface area contributed by atoms with Gasteiger partial charge in [-0.3, -0.25) is 4.79 Å². The van der Waals surface area contributed by atoms with Crippen LogP contribution in [0.1, 0.15) is 36.8 Å². The van der Waals surface area contributed by atoms with Gasteiger partial charge >= 0.3 is 0 Å². The summed E-state index contributed by atoms with van der Waals surface area (Å²) in [6.45, 7) is 5.91. The lowest BCUT2D eigenvalue weighted by molar-refractivity contribution is 0.0734. The van der Waals surface area contributed by atoms with Crippen LogP contribution in [-0.4, -0.2) is 27.3 Å². The van der Waals surface area contributed by atoms with Crippen LogP contribution >= 0.6 is 22.9 Å². The molecule has 0 unspecified atom stereocenters. The Labute approximate surface area is 196 Å². The molecule has 4 rings (SSSR count). The SMILES string of the molecule is CCNC(=O)c1cccc(-c2ccc(-c3cc(C(C)(C)O)nn3-c3ccccc3Cl)s2)c1. The van der Waals surface area contributed by atoms with Crippen LogP contribution in [0, 0.1) is 0 Å². The van der Waals surface area contributed by atoms with Gasteiger partial charge in [0.05, 0.1) is 27.0 Å². The highest BCUT2D eigenvalue weighted by Crippen LogP contribution is 2.38. The van der Waals surface area contributed by atoms with Crippen molar-refractivity contribution in [2.75, 3.05) is 6.54 Å². The average molecular weight is 466 g/mol. The van der Waals surface area contributed by atoms with Gasteiger partial charge in [-0.2, -0.15) is 5.10 Å². The number of benzene rings is 2. The van der Waals surface area contributed by atoms with Crippen molar-refractivity contribution in [2.45, 2.75) is 26.4 Å². The van der Waals surface area contributed by atoms with Gasteiger partial charge in [0.1, 0.15) is 5.60 Å². The molecule has 0 atom stereocenters. The third-order valence-corrected chi connectivity index (χ3v) is 6.50. The fourth-order valence-electron chi connectivity index (χ4n) is 3.37. The Morgan fingerprint density at radius 3 is 2.56 bits per heavy atom. The van der Waals surface area contributed by atoms with Crippen molar-refractivity contribution < 1.29 is 9.90 Å². The van der Waals surface area contributed by atoms with Crippen molar-refractivity contribution in [1.29, 1.82) is 0 Å². The van der Waals surface area contributed by atoms with Gasteiger partial charge in [-0.25, -0.2) is 4.68 Å². The van der Waals surface area contributed by atoms with Crippen LogP contribution in [0.3, 0.4) is 0 Å². The summed E-state index contributed by atoms with van der Waals surface area (Å²) in [6, 6.07) is 21.0. The summed E-state index contributed by atoms with van der Waals surface area (Å²) >= 11 is 8.05. The predicted octanol–water partition coefficient (Wildman–Crippen LogP) is 5.90. The number of hydrogen-bond acceptors (Lipinski definition) is 4. The molecule has 2 N–H and O–H groups in total. The molecule has 0 spiro atoms. The standard InChI is InChI=1S/C25H24ClN3O2S/c1-4-27-24(30)17-9-7-8-16(14-17)21-12-13-22(32-21)20-15-23(25(2,3)31)28-29(20)19-11-6-5-10-18(19)26/h5-15,31H,4H2,1-3H3,(H,27,30). The Balaban J connectivity index is 1.78. The lowest BCUT2D eigenvalue weighted by Gasteiger charge is -2.13. The van der Waals surface area contributed by atoms with Gasteiger partial charge in [0, 0.05) is 17.0 Å². The van der Waals surface area contributed by atoms with Crippen LogP contribution in [0.4, 0.5) is 0 Å². The van der Waals surface area contributed by atoms with Crippen molar-refractivity contribution in [3.8, 4) is 26.7 Å². The first kappa shape index (κ1) is 22.3. The number of thiophene rings is 1. The topological polar surface area (TPSA) is 67.2 Å². The van der Waals surface area contributed by atoms with E-state index in [1.807, 2.05) is 73.7 Å². The zero-order chi connectivity index (χ0) is 22.9. The quantitative estimate of drug-likeness (QED) is 0.372. The Morgan fingerprint density at radius 1 is 1.09 bits per heavy atom. The first-order valence-electron chi connectivity index (χ1n) is 10.3. The smallest absolute Gasteiger partial charge is 0.251 e. The second-order valence-corrected chi connectivity index (χ2v) is 9.43. The number of aromatic nitrogens is 2. The van der Waals surface area contributed by atoms with E-state index in [1.165, 1.54) is 0 Å². The zero-order valence-electron chi connectivity index (χ0n) is 18.1. The molecule has 0 radical (unpaired) electrons. The van der Waals surface area contributed by atoms with Crippen molar-refractivity contribution in [2.24, 2.45) is 0 Å². The van der Waals surface area contributed by atoms with Gasteiger partial charge in [-0.15, -0.1) is 11.3 Å². The third kappa shape index (κ3) is 4.48. The number of halogens is 1. The molecule has 4 aromatic rings. The minimum atomic E-state index is -1.09. The minimum absolute atomic E-state index is 0.0854. The number of carbonyl (C=O) groups is 1. The van der Waals surface area contributed by atoms with Crippen molar-refractivity contribution >= 4 is 28.8 Å². The van der Waals surface area contributed by atoms with E-state index in [2.05, 4.69) is 10.4 Å². The largest absolute Gasteiger partial charge is 0.384 e. The zero-order valence-corrected chi connectivity index (χ0v) is 19.7. The highest BCUT2D eigenvalue weighted by molar-refractivity contribution is 7.18. The van der Waals surface area contributed by atoms with E-state index >= 15 is 0 Å². The number of hydrogen-bond donors (Lipinski definition) is 2. The van der Waals surface area contributed by atoms with Crippen LogP contribution in [-0.2, 0) is 5.60 Å². The average Bonchev–Trinajstić information content (AvgIpc) is 3.42. The maximum atomic E-state index is 12.2. The normalized spacial score (nSPS) is 11.5. The van der Waals surface area contributed by atoms with Crippen molar-refractivity contribution in [3.63, 3.8) is 0 Å². The molecule has 1 amide bonds. The maximum Gasteiger partial charge on any atom is 0.251 e. The fourth-order valence-corrected chi connectivity index (χ4v) is 4.59. The molecule has 0 fully saturated rings. The summed E-state index contributed by atoms with van der Waals surface area (Å²) in [4.78, 5) is 14.2. The van der Waals surface area contributed by atoms with Crippen molar-refractivity contribution in [3.05, 3.63) is 83.0 Å². The van der Waals surface area contributed by atoms with Gasteiger partial charge < -0.3 is 10.4 Å². The number of carbonyl (C=O) groups excluding carboxylic acids is 1. The molecule has 2 heterocycles. The van der Waals surface area contributed by atoms with Crippen LogP contribution in [0.2, 0.25) is 5.02 Å². The summed E-state index contributed by atoms with van der Waals surface area (Å²) in [7, 11) is 0. The molecular formula is C25H24ClN3O2S. The summed E-state index contributed by atoms with van der Waals surface area (Å²) in [5, 5.41) is 18.6. The predicted molar refractivity (Wildman–Crippen MR) is 131 cm³/mol. The Kier molecular flexibility index (Phi) is 6.20. The van der Waals surface area contributed by atoms with Gasteiger partial charge in [-0.05, 0) is 68.8 Å². The lowest BCUT2D eigenvalue weighted by atomic mass is 10.1. The maximum absolute atomic E-state index is 12.2. The Hall–Kier alpha value is -2.93. The number of rotatable bonds is 6. The molecule has 0 aliphatic heterocycles. The fraction of sp³-hybridized carbons (Fsp3) is 0.200. The van der Waals surface area contributed by atoms with Crippen LogP contribution in [0.15, 0.2) is 66.7 Å². The molecule has 7 heteroatoms. The molecule has 0 bridgehead atoms. The summed E-state index contributed by atoms with van der Waals surface area (Å²) in [6.07, 6.45) is 0. The van der Waals surface area contributed by atoms with Gasteiger partial charge in [0.15, 0.2) is 0 Å². The van der Waals surface area contributed by atoms with Gasteiger partial charge in [0.2, 0.25) is 0 Å². The van der Waals surface area contributed by atoms with E-state index in [1.54, 1.807) is 29.9 Å². The lowest BCUT2D eigenvalue weighted by Crippen LogP contribution is -2.22. The van der Waals surface area contributed by atoms with E-state index in [9.17, 15) is 9.90 Å². The molecule has 5 nitrogen and oxygen atoms in total. The molecule has 164 valence electrons. The molecule has 32 heavy (non-hydrogen) atoms. The van der Waals surface area contributed by atoms with Crippen LogP contribution < -0.4 is 5.32 Å². The number of aliphatic hydroxyl groups is 1. The molecular weight excluding hydrogens is 442 g/mol. The van der Waals surface area contributed by atoms with E-state index < -0.39 is 5.60 Å². The second-order valence-electron chi connectivity index (χ2n) is 7.94. The molecule has 0 saturated carbocycles. The second kappa shape index (κ2) is 8.90. The number of nitrogens with zero attached hydrogens (tertiary/aromatic N) is 2. The van der Waals surface area contributed by atoms with E-state index in [4.69, 9.17) is 11.6 Å². The summed E-state index contributed by atoms with van der Waals surface area (Å²) in [5.41, 5.74) is 2.64. The highest BCUT2D eigenvalue weighted by Gasteiger charge is 2.24. The molecule has 2 aromatic heterocycles. The van der Waals surface area contributed by atoms with Gasteiger partial charge in [-0.1, -0.05) is 35.9 Å². The number of nitrogens with one attached hydrogen (secondary N) is 1. The van der Waals surface area contributed by atoms with E-state index in [-0.39, 0.29) is 5.91 Å².